The van der Waals surface area contributed by atoms with Crippen LogP contribution in [0.2, 0.25) is 0 Å². The third-order valence-electron chi connectivity index (χ3n) is 9.96. The second kappa shape index (κ2) is 10.3. The number of furan rings is 1. The highest BCUT2D eigenvalue weighted by Gasteiger charge is 2.56. The van der Waals surface area contributed by atoms with Crippen molar-refractivity contribution in [2.45, 2.75) is 30.7 Å². The molecule has 6 heteroatoms. The molecule has 1 aliphatic heterocycles. The highest BCUT2D eigenvalue weighted by molar-refractivity contribution is 6.43. The van der Waals surface area contributed by atoms with Gasteiger partial charge >= 0.3 is 0 Å². The van der Waals surface area contributed by atoms with Gasteiger partial charge in [0.05, 0.1) is 17.7 Å². The van der Waals surface area contributed by atoms with E-state index in [1.807, 2.05) is 36.7 Å². The van der Waals surface area contributed by atoms with E-state index in [0.29, 0.717) is 5.84 Å². The predicted molar refractivity (Wildman–Crippen MR) is 189 cm³/mol. The third kappa shape index (κ3) is 3.72. The SMILES string of the molecule is CC(N=C(N=CN)C1=NC=CCC1)(c1ccccn1)c1cccc2c1-c1ccccc1C21c2ccccc2-c2c1oc1ccccc21. The van der Waals surface area contributed by atoms with E-state index in [1.54, 1.807) is 0 Å². The van der Waals surface area contributed by atoms with Gasteiger partial charge in [0, 0.05) is 23.3 Å². The van der Waals surface area contributed by atoms with Gasteiger partial charge in [-0.25, -0.2) is 9.98 Å². The standard InChI is InChI=1S/C41H31N5O/c1-40(35-22-9-11-24-44-35,46-39(45-25-42)33-20-8-10-23-43-33)31-18-12-19-32-37(31)27-14-3-6-17-30(27)41(32)29-16-5-2-13-26(29)36-28-15-4-7-21-34(28)47-38(36)41/h2-7,9-19,21-25H,8,20H2,1H3,(H2,42,45,46). The van der Waals surface area contributed by atoms with Crippen LogP contribution in [0.25, 0.3) is 33.2 Å². The first kappa shape index (κ1) is 27.4. The lowest BCUT2D eigenvalue weighted by Crippen LogP contribution is -2.29. The number of benzene rings is 4. The first-order valence-corrected chi connectivity index (χ1v) is 16.0. The zero-order valence-electron chi connectivity index (χ0n) is 25.9. The molecule has 0 saturated heterocycles. The molecule has 9 rings (SSSR count). The summed E-state index contributed by atoms with van der Waals surface area (Å²) in [6.07, 6.45) is 8.60. The van der Waals surface area contributed by atoms with Crippen molar-refractivity contribution in [3.63, 3.8) is 0 Å². The predicted octanol–water partition coefficient (Wildman–Crippen LogP) is 8.57. The summed E-state index contributed by atoms with van der Waals surface area (Å²) in [4.78, 5) is 19.6. The Labute approximate surface area is 272 Å². The minimum Gasteiger partial charge on any atom is -0.459 e. The second-order valence-electron chi connectivity index (χ2n) is 12.4. The number of amidine groups is 1. The second-order valence-corrected chi connectivity index (χ2v) is 12.4. The molecule has 0 saturated carbocycles. The van der Waals surface area contributed by atoms with Gasteiger partial charge in [-0.2, -0.15) is 0 Å². The number of aromatic nitrogens is 1. The van der Waals surface area contributed by atoms with Gasteiger partial charge < -0.3 is 10.2 Å². The van der Waals surface area contributed by atoms with Crippen LogP contribution in [0.5, 0.6) is 0 Å². The number of allylic oxidation sites excluding steroid dienone is 1. The van der Waals surface area contributed by atoms with Crippen molar-refractivity contribution in [2.24, 2.45) is 20.7 Å². The molecule has 2 atom stereocenters. The fourth-order valence-corrected chi connectivity index (χ4v) is 8.02. The van der Waals surface area contributed by atoms with E-state index in [9.17, 15) is 0 Å². The molecule has 3 heterocycles. The zero-order chi connectivity index (χ0) is 31.6. The van der Waals surface area contributed by atoms with Crippen LogP contribution in [0.15, 0.2) is 147 Å². The van der Waals surface area contributed by atoms with Gasteiger partial charge in [-0.15, -0.1) is 0 Å². The molecular formula is C41H31N5O. The van der Waals surface area contributed by atoms with Crippen LogP contribution < -0.4 is 5.73 Å². The molecule has 2 aliphatic carbocycles. The van der Waals surface area contributed by atoms with Crippen molar-refractivity contribution < 1.29 is 4.42 Å². The number of para-hydroxylation sites is 1. The number of nitrogens with zero attached hydrogens (tertiary/aromatic N) is 4. The number of rotatable bonds is 4. The number of fused-ring (bicyclic) bond motifs is 12. The highest BCUT2D eigenvalue weighted by atomic mass is 16.3. The van der Waals surface area contributed by atoms with Crippen LogP contribution in [0, 0.1) is 0 Å². The highest BCUT2D eigenvalue weighted by Crippen LogP contribution is 2.65. The van der Waals surface area contributed by atoms with Crippen LogP contribution in [0.3, 0.4) is 0 Å². The number of hydrogen-bond acceptors (Lipinski definition) is 4. The molecule has 2 aromatic heterocycles. The molecule has 0 amide bonds. The van der Waals surface area contributed by atoms with E-state index < -0.39 is 11.0 Å². The maximum Gasteiger partial charge on any atom is 0.171 e. The minimum absolute atomic E-state index is 0.509. The summed E-state index contributed by atoms with van der Waals surface area (Å²) in [5.41, 5.74) is 16.1. The van der Waals surface area contributed by atoms with Gasteiger partial charge in [0.1, 0.15) is 22.3 Å². The number of hydrogen-bond donors (Lipinski definition) is 1. The fourth-order valence-electron chi connectivity index (χ4n) is 8.02. The molecule has 6 aromatic rings. The van der Waals surface area contributed by atoms with E-state index in [2.05, 4.69) is 108 Å². The Morgan fingerprint density at radius 2 is 1.55 bits per heavy atom. The maximum atomic E-state index is 6.94. The van der Waals surface area contributed by atoms with E-state index >= 15 is 0 Å². The number of pyridine rings is 1. The Kier molecular flexibility index (Phi) is 6.03. The van der Waals surface area contributed by atoms with E-state index in [0.717, 1.165) is 63.2 Å². The summed E-state index contributed by atoms with van der Waals surface area (Å²) in [7, 11) is 0. The first-order chi connectivity index (χ1) is 23.2. The number of nitrogens with two attached hydrogens (primary N) is 1. The Bertz CT molecular complexity index is 2350. The van der Waals surface area contributed by atoms with Crippen molar-refractivity contribution in [1.82, 2.24) is 4.98 Å². The molecule has 3 aliphatic rings. The molecule has 47 heavy (non-hydrogen) atoms. The molecule has 2 N–H and O–H groups in total. The summed E-state index contributed by atoms with van der Waals surface area (Å²) in [6.45, 7) is 2.12. The largest absolute Gasteiger partial charge is 0.459 e. The van der Waals surface area contributed by atoms with Crippen molar-refractivity contribution in [2.75, 3.05) is 0 Å². The summed E-state index contributed by atoms with van der Waals surface area (Å²) in [5.74, 6) is 1.47. The van der Waals surface area contributed by atoms with Crippen molar-refractivity contribution in [3.05, 3.63) is 161 Å². The van der Waals surface area contributed by atoms with Crippen LogP contribution in [0.1, 0.15) is 53.5 Å². The summed E-state index contributed by atoms with van der Waals surface area (Å²) >= 11 is 0. The van der Waals surface area contributed by atoms with Gasteiger partial charge in [0.15, 0.2) is 5.84 Å². The van der Waals surface area contributed by atoms with E-state index in [1.165, 1.54) is 28.6 Å². The molecule has 0 bridgehead atoms. The Balaban J connectivity index is 1.40. The Morgan fingerprint density at radius 1 is 0.830 bits per heavy atom. The van der Waals surface area contributed by atoms with E-state index in [4.69, 9.17) is 20.1 Å². The smallest absolute Gasteiger partial charge is 0.171 e. The normalized spacial score (nSPS) is 19.0. The van der Waals surface area contributed by atoms with Crippen LogP contribution >= 0.6 is 0 Å². The van der Waals surface area contributed by atoms with Crippen LogP contribution in [-0.4, -0.2) is 22.9 Å². The van der Waals surface area contributed by atoms with Gasteiger partial charge in [-0.05, 0) is 76.9 Å². The van der Waals surface area contributed by atoms with Gasteiger partial charge in [0.25, 0.3) is 0 Å². The molecule has 4 aromatic carbocycles. The summed E-state index contributed by atoms with van der Waals surface area (Å²) in [5, 5.41) is 1.13. The maximum absolute atomic E-state index is 6.94. The minimum atomic E-state index is -0.939. The first-order valence-electron chi connectivity index (χ1n) is 16.0. The average molecular weight is 610 g/mol. The monoisotopic (exact) mass is 609 g/mol. The molecule has 1 spiro atoms. The van der Waals surface area contributed by atoms with E-state index in [-0.39, 0.29) is 0 Å². The molecule has 0 radical (unpaired) electrons. The number of aliphatic imine (C=N–C) groups is 3. The zero-order valence-corrected chi connectivity index (χ0v) is 25.9. The lowest BCUT2D eigenvalue weighted by atomic mass is 9.72. The quantitative estimate of drug-likeness (QED) is 0.160. The molecule has 226 valence electrons. The molecule has 2 unspecified atom stereocenters. The Hall–Kier alpha value is -5.88. The van der Waals surface area contributed by atoms with Crippen molar-refractivity contribution in [1.29, 1.82) is 0 Å². The summed E-state index contributed by atoms with van der Waals surface area (Å²) in [6, 6.07) is 38.4. The summed E-state index contributed by atoms with van der Waals surface area (Å²) < 4.78 is 6.94. The topological polar surface area (TPSA) is 89.1 Å². The molecule has 0 fully saturated rings. The molecule has 6 nitrogen and oxygen atoms in total. The van der Waals surface area contributed by atoms with Gasteiger partial charge in [-0.3, -0.25) is 9.98 Å². The molecular weight excluding hydrogens is 578 g/mol. The average Bonchev–Trinajstić information content (AvgIpc) is 3.76. The third-order valence-corrected chi connectivity index (χ3v) is 9.96. The van der Waals surface area contributed by atoms with Crippen molar-refractivity contribution >= 4 is 28.9 Å². The van der Waals surface area contributed by atoms with Gasteiger partial charge in [-0.1, -0.05) is 97.1 Å². The fraction of sp³-hybridized carbons (Fsp3) is 0.122. The lowest BCUT2D eigenvalue weighted by Gasteiger charge is -2.31. The lowest BCUT2D eigenvalue weighted by molar-refractivity contribution is 0.506. The van der Waals surface area contributed by atoms with Crippen LogP contribution in [-0.2, 0) is 11.0 Å². The van der Waals surface area contributed by atoms with Crippen molar-refractivity contribution in [3.8, 4) is 22.3 Å². The Morgan fingerprint density at radius 3 is 2.30 bits per heavy atom. The van der Waals surface area contributed by atoms with Gasteiger partial charge in [0.2, 0.25) is 0 Å². The van der Waals surface area contributed by atoms with Crippen LogP contribution in [0.4, 0.5) is 0 Å².